The quantitative estimate of drug-likeness (QED) is 0.537. The van der Waals surface area contributed by atoms with E-state index < -0.39 is 16.0 Å². The molecule has 0 spiro atoms. The number of carbonyl (C=O) groups is 2. The van der Waals surface area contributed by atoms with Gasteiger partial charge in [-0.05, 0) is 51.0 Å². The Hall–Kier alpha value is -2.68. The van der Waals surface area contributed by atoms with Gasteiger partial charge in [0.2, 0.25) is 10.0 Å². The van der Waals surface area contributed by atoms with Crippen molar-refractivity contribution < 1.29 is 22.7 Å². The highest BCUT2D eigenvalue weighted by Gasteiger charge is 2.28. The maximum atomic E-state index is 12.5. The third-order valence-corrected chi connectivity index (χ3v) is 6.78. The van der Waals surface area contributed by atoms with E-state index >= 15 is 0 Å². The van der Waals surface area contributed by atoms with Crippen molar-refractivity contribution in [2.75, 3.05) is 23.2 Å². The highest BCUT2D eigenvalue weighted by atomic mass is 32.2. The molecule has 0 unspecified atom stereocenters. The van der Waals surface area contributed by atoms with Gasteiger partial charge in [0.1, 0.15) is 5.56 Å². The lowest BCUT2D eigenvalue weighted by molar-refractivity contribution is 0.0473. The molecule has 0 amide bonds. The summed E-state index contributed by atoms with van der Waals surface area (Å²) in [7, 11) is -1.60. The van der Waals surface area contributed by atoms with E-state index in [9.17, 15) is 18.0 Å². The molecule has 1 aliphatic rings. The number of ketones is 1. The van der Waals surface area contributed by atoms with E-state index in [1.807, 2.05) is 0 Å². The lowest BCUT2D eigenvalue weighted by Crippen LogP contribution is -2.30. The van der Waals surface area contributed by atoms with Gasteiger partial charge < -0.3 is 4.74 Å². The number of nitrogens with zero attached hydrogens (tertiary/aromatic N) is 3. The first-order valence-electron chi connectivity index (χ1n) is 8.99. The molecule has 0 fully saturated rings. The topological polar surface area (TPSA) is 98.6 Å². The van der Waals surface area contributed by atoms with Gasteiger partial charge in [-0.3, -0.25) is 13.8 Å². The molecule has 0 atom stereocenters. The second-order valence-electron chi connectivity index (χ2n) is 6.73. The molecule has 8 nitrogen and oxygen atoms in total. The summed E-state index contributed by atoms with van der Waals surface area (Å²) in [5.41, 5.74) is 3.38. The smallest absolute Gasteiger partial charge is 0.342 e. The van der Waals surface area contributed by atoms with Gasteiger partial charge in [0.15, 0.2) is 12.4 Å². The predicted octanol–water partition coefficient (Wildman–Crippen LogP) is 1.79. The summed E-state index contributed by atoms with van der Waals surface area (Å²) < 4.78 is 32.4. The van der Waals surface area contributed by atoms with E-state index in [1.165, 1.54) is 4.31 Å². The van der Waals surface area contributed by atoms with Crippen LogP contribution in [0.5, 0.6) is 0 Å². The zero-order chi connectivity index (χ0) is 20.6. The Bertz CT molecular complexity index is 1060. The number of ether oxygens (including phenoxy) is 1. The summed E-state index contributed by atoms with van der Waals surface area (Å²) in [6.07, 6.45) is 0.545. The number of aryl methyl sites for hydroxylation is 2. The number of fused-ring (bicyclic) bond motifs is 1. The molecule has 0 saturated carbocycles. The van der Waals surface area contributed by atoms with Gasteiger partial charge in [0.25, 0.3) is 0 Å². The van der Waals surface area contributed by atoms with Crippen molar-refractivity contribution in [2.24, 2.45) is 7.05 Å². The first-order chi connectivity index (χ1) is 13.2. The Morgan fingerprint density at radius 3 is 2.57 bits per heavy atom. The van der Waals surface area contributed by atoms with Crippen molar-refractivity contribution in [2.45, 2.75) is 27.2 Å². The molecule has 150 valence electrons. The lowest BCUT2D eigenvalue weighted by Gasteiger charge is -2.18. The Morgan fingerprint density at radius 2 is 1.96 bits per heavy atom. The molecule has 9 heteroatoms. The fourth-order valence-corrected chi connectivity index (χ4v) is 4.50. The monoisotopic (exact) mass is 405 g/mol. The van der Waals surface area contributed by atoms with Gasteiger partial charge in [-0.2, -0.15) is 5.10 Å². The van der Waals surface area contributed by atoms with Crippen molar-refractivity contribution in [1.29, 1.82) is 0 Å². The number of rotatable bonds is 6. The standard InChI is InChI=1S/C19H23N3O5S/c1-5-28(25,26)22-9-8-14-10-15(6-7-16(14)22)17(23)11-27-19(24)18-12(2)20-21(4)13(18)3/h6-7,10H,5,8-9,11H2,1-4H3. The highest BCUT2D eigenvalue weighted by Crippen LogP contribution is 2.31. The molecule has 0 N–H and O–H groups in total. The number of hydrogen-bond acceptors (Lipinski definition) is 6. The lowest BCUT2D eigenvalue weighted by atomic mass is 10.1. The summed E-state index contributed by atoms with van der Waals surface area (Å²) in [6, 6.07) is 4.89. The van der Waals surface area contributed by atoms with Crippen LogP contribution in [-0.4, -0.2) is 48.9 Å². The van der Waals surface area contributed by atoms with Crippen molar-refractivity contribution >= 4 is 27.5 Å². The van der Waals surface area contributed by atoms with Gasteiger partial charge in [-0.15, -0.1) is 0 Å². The number of Topliss-reactive ketones (excluding diaryl/α,β-unsaturated/α-hetero) is 1. The summed E-state index contributed by atoms with van der Waals surface area (Å²) in [4.78, 5) is 24.8. The molecule has 2 heterocycles. The van der Waals surface area contributed by atoms with Gasteiger partial charge in [-0.25, -0.2) is 13.2 Å². The van der Waals surface area contributed by atoms with Crippen LogP contribution in [-0.2, 0) is 28.2 Å². The third kappa shape index (κ3) is 3.54. The van der Waals surface area contributed by atoms with Gasteiger partial charge in [-0.1, -0.05) is 0 Å². The zero-order valence-electron chi connectivity index (χ0n) is 16.4. The SMILES string of the molecule is CCS(=O)(=O)N1CCc2cc(C(=O)COC(=O)c3c(C)nn(C)c3C)ccc21. The van der Waals surface area contributed by atoms with Gasteiger partial charge in [0.05, 0.1) is 17.1 Å². The summed E-state index contributed by atoms with van der Waals surface area (Å²) in [5, 5.41) is 4.17. The van der Waals surface area contributed by atoms with Crippen LogP contribution in [0.4, 0.5) is 5.69 Å². The minimum absolute atomic E-state index is 0.0241. The van der Waals surface area contributed by atoms with Crippen LogP contribution in [0.2, 0.25) is 0 Å². The largest absolute Gasteiger partial charge is 0.454 e. The number of benzene rings is 1. The maximum Gasteiger partial charge on any atom is 0.342 e. The third-order valence-electron chi connectivity index (χ3n) is 5.00. The number of hydrogen-bond donors (Lipinski definition) is 0. The Morgan fingerprint density at radius 1 is 1.25 bits per heavy atom. The van der Waals surface area contributed by atoms with Crippen LogP contribution in [0.1, 0.15) is 44.6 Å². The number of carbonyl (C=O) groups excluding carboxylic acids is 2. The van der Waals surface area contributed by atoms with E-state index in [1.54, 1.807) is 50.7 Å². The van der Waals surface area contributed by atoms with Crippen molar-refractivity contribution in [3.8, 4) is 0 Å². The normalized spacial score (nSPS) is 13.5. The van der Waals surface area contributed by atoms with Crippen LogP contribution in [0.3, 0.4) is 0 Å². The second-order valence-corrected chi connectivity index (χ2v) is 8.92. The maximum absolute atomic E-state index is 12.5. The first kappa shape index (κ1) is 20.1. The Labute approximate surface area is 164 Å². The minimum atomic E-state index is -3.33. The molecule has 0 saturated heterocycles. The molecule has 1 aromatic heterocycles. The molecular formula is C19H23N3O5S. The predicted molar refractivity (Wildman–Crippen MR) is 104 cm³/mol. The zero-order valence-corrected chi connectivity index (χ0v) is 17.2. The fraction of sp³-hybridized carbons (Fsp3) is 0.421. The van der Waals surface area contributed by atoms with Crippen LogP contribution < -0.4 is 4.31 Å². The molecule has 1 aromatic carbocycles. The van der Waals surface area contributed by atoms with Gasteiger partial charge >= 0.3 is 5.97 Å². The van der Waals surface area contributed by atoms with E-state index in [2.05, 4.69) is 5.10 Å². The number of anilines is 1. The molecule has 0 bridgehead atoms. The Kier molecular flexibility index (Phi) is 5.29. The van der Waals surface area contributed by atoms with Crippen molar-refractivity contribution in [1.82, 2.24) is 9.78 Å². The van der Waals surface area contributed by atoms with Crippen molar-refractivity contribution in [3.05, 3.63) is 46.3 Å². The average molecular weight is 405 g/mol. The fourth-order valence-electron chi connectivity index (χ4n) is 3.35. The molecule has 2 aromatic rings. The van der Waals surface area contributed by atoms with Crippen LogP contribution in [0, 0.1) is 13.8 Å². The molecule has 28 heavy (non-hydrogen) atoms. The second kappa shape index (κ2) is 7.38. The van der Waals surface area contributed by atoms with E-state index in [-0.39, 0.29) is 18.1 Å². The van der Waals surface area contributed by atoms with E-state index in [0.717, 1.165) is 5.56 Å². The molecule has 3 rings (SSSR count). The number of sulfonamides is 1. The summed E-state index contributed by atoms with van der Waals surface area (Å²) >= 11 is 0. The molecule has 0 aliphatic carbocycles. The van der Waals surface area contributed by atoms with Gasteiger partial charge in [0, 0.05) is 24.8 Å². The van der Waals surface area contributed by atoms with Crippen LogP contribution in [0.15, 0.2) is 18.2 Å². The van der Waals surface area contributed by atoms with Crippen LogP contribution in [0.25, 0.3) is 0 Å². The summed E-state index contributed by atoms with van der Waals surface area (Å²) in [6.45, 7) is 5.06. The highest BCUT2D eigenvalue weighted by molar-refractivity contribution is 7.92. The molecule has 0 radical (unpaired) electrons. The minimum Gasteiger partial charge on any atom is -0.454 e. The first-order valence-corrected chi connectivity index (χ1v) is 10.6. The van der Waals surface area contributed by atoms with Crippen LogP contribution >= 0.6 is 0 Å². The average Bonchev–Trinajstić information content (AvgIpc) is 3.20. The Balaban J connectivity index is 1.72. The number of esters is 1. The molecule has 1 aliphatic heterocycles. The van der Waals surface area contributed by atoms with E-state index in [4.69, 9.17) is 4.74 Å². The molecular weight excluding hydrogens is 382 g/mol. The van der Waals surface area contributed by atoms with E-state index in [0.29, 0.717) is 41.2 Å². The van der Waals surface area contributed by atoms with Crippen molar-refractivity contribution in [3.63, 3.8) is 0 Å². The number of aromatic nitrogens is 2. The summed E-state index contributed by atoms with van der Waals surface area (Å²) in [5.74, 6) is -0.902.